The van der Waals surface area contributed by atoms with E-state index in [9.17, 15) is 0 Å². The molecule has 2 rings (SSSR count). The highest BCUT2D eigenvalue weighted by atomic mass is 79.9. The van der Waals surface area contributed by atoms with Gasteiger partial charge in [0, 0.05) is 6.54 Å². The van der Waals surface area contributed by atoms with E-state index in [0.29, 0.717) is 11.8 Å². The van der Waals surface area contributed by atoms with Crippen LogP contribution in [0.15, 0.2) is 41.0 Å². The molecule has 0 aliphatic carbocycles. The maximum Gasteiger partial charge on any atom is 0.232 e. The minimum atomic E-state index is 0.534. The molecular formula is C13H14BrN3O. The van der Waals surface area contributed by atoms with Gasteiger partial charge in [-0.1, -0.05) is 30.3 Å². The second-order valence-corrected chi connectivity index (χ2v) is 4.57. The summed E-state index contributed by atoms with van der Waals surface area (Å²) in [6, 6.07) is 10.3. The topological polar surface area (TPSA) is 47.0 Å². The number of rotatable bonds is 5. The van der Waals surface area contributed by atoms with Crippen LogP contribution in [0.2, 0.25) is 0 Å². The van der Waals surface area contributed by atoms with E-state index >= 15 is 0 Å². The highest BCUT2D eigenvalue weighted by molar-refractivity contribution is 9.10. The minimum Gasteiger partial charge on any atom is -0.480 e. The van der Waals surface area contributed by atoms with Crippen molar-refractivity contribution in [2.24, 2.45) is 0 Å². The molecule has 0 saturated heterocycles. The summed E-state index contributed by atoms with van der Waals surface area (Å²) >= 11 is 3.32. The van der Waals surface area contributed by atoms with Gasteiger partial charge in [-0.2, -0.15) is 4.98 Å². The summed E-state index contributed by atoms with van der Waals surface area (Å²) in [6.45, 7) is 0.787. The van der Waals surface area contributed by atoms with Crippen molar-refractivity contribution in [3.8, 4) is 5.88 Å². The first-order chi connectivity index (χ1) is 8.79. The van der Waals surface area contributed by atoms with Crippen molar-refractivity contribution < 1.29 is 4.74 Å². The van der Waals surface area contributed by atoms with Crippen molar-refractivity contribution in [1.29, 1.82) is 0 Å². The molecule has 94 valence electrons. The van der Waals surface area contributed by atoms with E-state index < -0.39 is 0 Å². The molecule has 0 aliphatic heterocycles. The van der Waals surface area contributed by atoms with E-state index in [2.05, 4.69) is 43.3 Å². The van der Waals surface area contributed by atoms with E-state index in [-0.39, 0.29) is 0 Å². The van der Waals surface area contributed by atoms with Gasteiger partial charge in [0.1, 0.15) is 0 Å². The Labute approximate surface area is 115 Å². The molecule has 5 heteroatoms. The summed E-state index contributed by atoms with van der Waals surface area (Å²) in [5, 5.41) is 3.17. The Balaban J connectivity index is 1.91. The zero-order chi connectivity index (χ0) is 12.8. The van der Waals surface area contributed by atoms with E-state index in [1.165, 1.54) is 5.56 Å². The molecule has 1 heterocycles. The van der Waals surface area contributed by atoms with Gasteiger partial charge in [0.2, 0.25) is 11.8 Å². The van der Waals surface area contributed by atoms with Crippen LogP contribution < -0.4 is 10.1 Å². The van der Waals surface area contributed by atoms with Gasteiger partial charge in [0.05, 0.1) is 17.8 Å². The molecule has 18 heavy (non-hydrogen) atoms. The van der Waals surface area contributed by atoms with Crippen LogP contribution >= 0.6 is 15.9 Å². The average Bonchev–Trinajstić information content (AvgIpc) is 2.42. The maximum absolute atomic E-state index is 5.11. The molecule has 2 aromatic rings. The summed E-state index contributed by atoms with van der Waals surface area (Å²) < 4.78 is 5.86. The van der Waals surface area contributed by atoms with Crippen LogP contribution in [0.3, 0.4) is 0 Å². The van der Waals surface area contributed by atoms with Crippen LogP contribution in [0.5, 0.6) is 5.88 Å². The normalized spacial score (nSPS) is 10.1. The second-order valence-electron chi connectivity index (χ2n) is 3.71. The van der Waals surface area contributed by atoms with Crippen LogP contribution in [0.4, 0.5) is 5.95 Å². The summed E-state index contributed by atoms with van der Waals surface area (Å²) in [6.07, 6.45) is 2.61. The molecule has 0 fully saturated rings. The summed E-state index contributed by atoms with van der Waals surface area (Å²) in [7, 11) is 1.58. The summed E-state index contributed by atoms with van der Waals surface area (Å²) in [4.78, 5) is 8.40. The van der Waals surface area contributed by atoms with E-state index in [1.54, 1.807) is 13.3 Å². The lowest BCUT2D eigenvalue weighted by Gasteiger charge is -2.07. The van der Waals surface area contributed by atoms with Gasteiger partial charge in [-0.15, -0.1) is 0 Å². The van der Waals surface area contributed by atoms with Gasteiger partial charge in [-0.05, 0) is 27.9 Å². The molecule has 0 radical (unpaired) electrons. The van der Waals surface area contributed by atoms with Gasteiger partial charge in [0.25, 0.3) is 0 Å². The number of halogens is 1. The fourth-order valence-corrected chi connectivity index (χ4v) is 1.90. The number of benzene rings is 1. The van der Waals surface area contributed by atoms with Gasteiger partial charge in [-0.3, -0.25) is 0 Å². The Kier molecular flexibility index (Phi) is 4.52. The predicted octanol–water partition coefficient (Wildman–Crippen LogP) is 2.90. The van der Waals surface area contributed by atoms with Gasteiger partial charge < -0.3 is 10.1 Å². The van der Waals surface area contributed by atoms with Crippen molar-refractivity contribution in [3.63, 3.8) is 0 Å². The number of nitrogens with zero attached hydrogens (tertiary/aromatic N) is 2. The number of anilines is 1. The lowest BCUT2D eigenvalue weighted by molar-refractivity contribution is 0.394. The number of hydrogen-bond acceptors (Lipinski definition) is 4. The molecule has 0 saturated carbocycles. The van der Waals surface area contributed by atoms with Crippen molar-refractivity contribution in [3.05, 3.63) is 46.6 Å². The smallest absolute Gasteiger partial charge is 0.232 e. The standard InChI is InChI=1S/C13H14BrN3O/c1-18-12-11(14)9-16-13(17-12)15-8-7-10-5-3-2-4-6-10/h2-6,9H,7-8H2,1H3,(H,15,16,17). The van der Waals surface area contributed by atoms with Crippen LogP contribution in [0.25, 0.3) is 0 Å². The Morgan fingerprint density at radius 1 is 1.28 bits per heavy atom. The molecule has 0 aliphatic rings. The third-order valence-corrected chi connectivity index (χ3v) is 2.99. The highest BCUT2D eigenvalue weighted by Gasteiger charge is 2.04. The second kappa shape index (κ2) is 6.35. The first kappa shape index (κ1) is 12.8. The van der Waals surface area contributed by atoms with E-state index in [4.69, 9.17) is 4.74 Å². The SMILES string of the molecule is COc1nc(NCCc2ccccc2)ncc1Br. The fourth-order valence-electron chi connectivity index (χ4n) is 1.54. The fraction of sp³-hybridized carbons (Fsp3) is 0.231. The number of aromatic nitrogens is 2. The number of methoxy groups -OCH3 is 1. The zero-order valence-electron chi connectivity index (χ0n) is 10.1. The van der Waals surface area contributed by atoms with Gasteiger partial charge in [0.15, 0.2) is 0 Å². The van der Waals surface area contributed by atoms with Crippen molar-refractivity contribution >= 4 is 21.9 Å². The summed E-state index contributed by atoms with van der Waals surface area (Å²) in [5.41, 5.74) is 1.29. The maximum atomic E-state index is 5.11. The van der Waals surface area contributed by atoms with Gasteiger partial charge >= 0.3 is 0 Å². The summed E-state index contributed by atoms with van der Waals surface area (Å²) in [5.74, 6) is 1.11. The molecule has 0 bridgehead atoms. The number of ether oxygens (including phenoxy) is 1. The van der Waals surface area contributed by atoms with E-state index in [1.807, 2.05) is 18.2 Å². The lowest BCUT2D eigenvalue weighted by Crippen LogP contribution is -2.08. The highest BCUT2D eigenvalue weighted by Crippen LogP contribution is 2.21. The van der Waals surface area contributed by atoms with Crippen LogP contribution in [-0.4, -0.2) is 23.6 Å². The number of hydrogen-bond donors (Lipinski definition) is 1. The Hall–Kier alpha value is -1.62. The predicted molar refractivity (Wildman–Crippen MR) is 74.9 cm³/mol. The molecule has 1 aromatic heterocycles. The zero-order valence-corrected chi connectivity index (χ0v) is 11.6. The monoisotopic (exact) mass is 307 g/mol. The average molecular weight is 308 g/mol. The van der Waals surface area contributed by atoms with Crippen LogP contribution in [0.1, 0.15) is 5.56 Å². The Bertz CT molecular complexity index is 505. The van der Waals surface area contributed by atoms with Crippen molar-refractivity contribution in [2.75, 3.05) is 19.0 Å². The molecule has 1 N–H and O–H groups in total. The first-order valence-corrected chi connectivity index (χ1v) is 6.43. The van der Waals surface area contributed by atoms with Crippen LogP contribution in [0, 0.1) is 0 Å². The third-order valence-electron chi connectivity index (χ3n) is 2.44. The van der Waals surface area contributed by atoms with Crippen molar-refractivity contribution in [2.45, 2.75) is 6.42 Å². The molecule has 0 unspecified atom stereocenters. The quantitative estimate of drug-likeness (QED) is 0.922. The largest absolute Gasteiger partial charge is 0.480 e. The minimum absolute atomic E-state index is 0.534. The Morgan fingerprint density at radius 2 is 2.06 bits per heavy atom. The lowest BCUT2D eigenvalue weighted by atomic mass is 10.1. The molecule has 0 spiro atoms. The Morgan fingerprint density at radius 3 is 2.78 bits per heavy atom. The molecule has 4 nitrogen and oxygen atoms in total. The number of nitrogens with one attached hydrogen (secondary N) is 1. The third kappa shape index (κ3) is 3.43. The molecule has 0 atom stereocenters. The molecule has 1 aromatic carbocycles. The van der Waals surface area contributed by atoms with Gasteiger partial charge in [-0.25, -0.2) is 4.98 Å². The van der Waals surface area contributed by atoms with E-state index in [0.717, 1.165) is 17.4 Å². The van der Waals surface area contributed by atoms with Crippen LogP contribution in [-0.2, 0) is 6.42 Å². The molecular weight excluding hydrogens is 294 g/mol. The molecule has 0 amide bonds. The van der Waals surface area contributed by atoms with Crippen molar-refractivity contribution in [1.82, 2.24) is 9.97 Å². The first-order valence-electron chi connectivity index (χ1n) is 5.64.